The summed E-state index contributed by atoms with van der Waals surface area (Å²) in [6.45, 7) is 5.94. The van der Waals surface area contributed by atoms with Crippen LogP contribution in [-0.2, 0) is 42.9 Å². The minimum Gasteiger partial charge on any atom is -0.492 e. The van der Waals surface area contributed by atoms with Crippen molar-refractivity contribution in [3.8, 4) is 6.07 Å². The van der Waals surface area contributed by atoms with Crippen LogP contribution in [0.1, 0.15) is 34.1 Å². The van der Waals surface area contributed by atoms with Crippen LogP contribution in [0.3, 0.4) is 0 Å². The first-order valence-corrected chi connectivity index (χ1v) is 14.3. The largest absolute Gasteiger partial charge is 0.492 e. The molecule has 2 bridgehead atoms. The maximum Gasteiger partial charge on any atom is 0.333 e. The molecule has 12 nitrogen and oxygen atoms in total. The molecule has 0 aromatic rings. The molecule has 2 aliphatic carbocycles. The third-order valence-corrected chi connectivity index (χ3v) is 9.62. The molecule has 12 heteroatoms. The summed E-state index contributed by atoms with van der Waals surface area (Å²) < 4.78 is 22.3. The Balaban J connectivity index is 1.75. The number of hydrogen-bond acceptors (Lipinski definition) is 12. The highest BCUT2D eigenvalue weighted by molar-refractivity contribution is 6.26. The van der Waals surface area contributed by atoms with E-state index in [1.54, 1.807) is 31.9 Å². The number of hydrogen-bond donors (Lipinski definition) is 0. The van der Waals surface area contributed by atoms with Crippen molar-refractivity contribution in [2.75, 3.05) is 35.0 Å². The van der Waals surface area contributed by atoms with Gasteiger partial charge in [-0.2, -0.15) is 5.26 Å². The van der Waals surface area contributed by atoms with E-state index in [4.69, 9.17) is 18.9 Å². The zero-order chi connectivity index (χ0) is 32.4. The lowest BCUT2D eigenvalue weighted by atomic mass is 9.66. The summed E-state index contributed by atoms with van der Waals surface area (Å²) in [7, 11) is 5.78. The van der Waals surface area contributed by atoms with Crippen LogP contribution in [0.4, 0.5) is 0 Å². The molecule has 0 spiro atoms. The molecule has 3 aliphatic heterocycles. The van der Waals surface area contributed by atoms with Crippen molar-refractivity contribution in [3.05, 3.63) is 56.6 Å². The lowest BCUT2D eigenvalue weighted by Crippen LogP contribution is -2.77. The van der Waals surface area contributed by atoms with Gasteiger partial charge in [0.05, 0.1) is 38.4 Å². The van der Waals surface area contributed by atoms with Crippen LogP contribution >= 0.6 is 0 Å². The second-order valence-electron chi connectivity index (χ2n) is 11.5. The summed E-state index contributed by atoms with van der Waals surface area (Å²) in [5.41, 5.74) is 1.24. The molecule has 5 aliphatic rings. The van der Waals surface area contributed by atoms with Crippen LogP contribution in [0.2, 0.25) is 0 Å². The van der Waals surface area contributed by atoms with Crippen LogP contribution in [-0.4, -0.2) is 110 Å². The fourth-order valence-corrected chi connectivity index (χ4v) is 7.47. The van der Waals surface area contributed by atoms with Crippen molar-refractivity contribution in [3.63, 3.8) is 0 Å². The van der Waals surface area contributed by atoms with Crippen molar-refractivity contribution in [1.29, 1.82) is 5.26 Å². The van der Waals surface area contributed by atoms with Gasteiger partial charge >= 0.3 is 5.97 Å². The van der Waals surface area contributed by atoms with Gasteiger partial charge in [0, 0.05) is 52.2 Å². The number of carbonyl (C=O) groups is 5. The Bertz CT molecular complexity index is 1600. The fourth-order valence-electron chi connectivity index (χ4n) is 7.47. The molecule has 1 saturated heterocycles. The zero-order valence-electron chi connectivity index (χ0n) is 26.0. The summed E-state index contributed by atoms with van der Waals surface area (Å²) in [5.74, 6) is -2.65. The molecule has 0 aromatic carbocycles. The first-order chi connectivity index (χ1) is 20.9. The van der Waals surface area contributed by atoms with E-state index in [0.29, 0.717) is 5.57 Å². The molecule has 0 unspecified atom stereocenters. The maximum atomic E-state index is 14.0. The monoisotopic (exact) mass is 605 g/mol. The van der Waals surface area contributed by atoms with E-state index in [1.807, 2.05) is 4.90 Å². The quantitative estimate of drug-likeness (QED) is 0.244. The van der Waals surface area contributed by atoms with Crippen molar-refractivity contribution < 1.29 is 42.9 Å². The number of esters is 1. The maximum absolute atomic E-state index is 14.0. The molecule has 0 radical (unpaired) electrons. The minimum atomic E-state index is -1.04. The van der Waals surface area contributed by atoms with Gasteiger partial charge in [0.25, 0.3) is 0 Å². The van der Waals surface area contributed by atoms with Crippen LogP contribution in [0.15, 0.2) is 56.6 Å². The molecule has 6 atom stereocenters. The van der Waals surface area contributed by atoms with Crippen LogP contribution in [0.5, 0.6) is 0 Å². The second-order valence-corrected chi connectivity index (χ2v) is 11.5. The number of fused-ring (bicyclic) bond motifs is 5. The number of Topliss-reactive ketones (excluding diaryl/α,β-unsaturated/α-hetero) is 4. The highest BCUT2D eigenvalue weighted by Crippen LogP contribution is 2.49. The number of ether oxygens (including phenoxy) is 4. The van der Waals surface area contributed by atoms with Gasteiger partial charge in [-0.15, -0.1) is 0 Å². The number of methoxy groups -OCH3 is 3. The SMILES string of the molecule is C/C=C(/C)C(=O)OC[C@H]1C2=C(C[C@H]3[C@H]4C5=C(C(=O)C(C)=C(OC)C5=O)[C@H](OC)[C@@H]([C@H](C#N)N13)N4C)C(=O)C(C)=C(OC)C2=O. The van der Waals surface area contributed by atoms with Crippen molar-refractivity contribution in [2.24, 2.45) is 0 Å². The van der Waals surface area contributed by atoms with Gasteiger partial charge in [-0.3, -0.25) is 29.0 Å². The number of nitriles is 1. The molecular weight excluding hydrogens is 570 g/mol. The number of piperazine rings is 1. The normalized spacial score (nSPS) is 31.1. The van der Waals surface area contributed by atoms with Crippen molar-refractivity contribution in [1.82, 2.24) is 9.80 Å². The predicted molar refractivity (Wildman–Crippen MR) is 153 cm³/mol. The lowest BCUT2D eigenvalue weighted by Gasteiger charge is -2.61. The Hall–Kier alpha value is -4.18. The average Bonchev–Trinajstić information content (AvgIpc) is 3.01. The second kappa shape index (κ2) is 11.4. The van der Waals surface area contributed by atoms with E-state index >= 15 is 0 Å². The molecule has 44 heavy (non-hydrogen) atoms. The van der Waals surface area contributed by atoms with E-state index in [2.05, 4.69) is 6.07 Å². The molecule has 0 aromatic heterocycles. The topological polar surface area (TPSA) is 153 Å². The molecule has 0 N–H and O–H groups in total. The van der Waals surface area contributed by atoms with Gasteiger partial charge < -0.3 is 18.9 Å². The molecule has 0 amide bonds. The molecule has 3 heterocycles. The summed E-state index contributed by atoms with van der Waals surface area (Å²) >= 11 is 0. The summed E-state index contributed by atoms with van der Waals surface area (Å²) in [5, 5.41) is 10.7. The Morgan fingerprint density at radius 2 is 1.55 bits per heavy atom. The third kappa shape index (κ3) is 4.17. The Morgan fingerprint density at radius 1 is 0.955 bits per heavy atom. The van der Waals surface area contributed by atoms with E-state index in [9.17, 15) is 29.2 Å². The summed E-state index contributed by atoms with van der Waals surface area (Å²) in [6.07, 6.45) is 0.601. The number of nitrogens with zero attached hydrogens (tertiary/aromatic N) is 3. The standard InChI is InChI=1S/C32H35N3O9/c1-9-13(2)32(40)44-12-19-20-16(25(36)14(3)29(41-6)27(20)38)10-17-23-21-22(26(37)15(4)30(42-7)28(21)39)31(43-8)24(34(23)5)18(11-33)35(17)19/h9,17-19,23-24,31H,10,12H2,1-8H3/b13-9-/t17-,18-,19-,23-,24+,31-/m0/s1. The van der Waals surface area contributed by atoms with E-state index in [-0.39, 0.29) is 58.0 Å². The first kappa shape index (κ1) is 31.3. The lowest BCUT2D eigenvalue weighted by molar-refractivity contribution is -0.146. The first-order valence-electron chi connectivity index (χ1n) is 14.3. The Morgan fingerprint density at radius 3 is 2.09 bits per heavy atom. The molecule has 0 saturated carbocycles. The van der Waals surface area contributed by atoms with Gasteiger partial charge in [-0.25, -0.2) is 4.79 Å². The van der Waals surface area contributed by atoms with Crippen LogP contribution < -0.4 is 0 Å². The molecular formula is C32H35N3O9. The zero-order valence-corrected chi connectivity index (χ0v) is 26.0. The number of likely N-dealkylation sites (N-methyl/N-ethyl adjacent to an activating group) is 1. The number of ketones is 4. The van der Waals surface area contributed by atoms with Gasteiger partial charge in [-0.1, -0.05) is 6.08 Å². The minimum absolute atomic E-state index is 0.00655. The Kier molecular flexibility index (Phi) is 8.09. The van der Waals surface area contributed by atoms with Crippen LogP contribution in [0, 0.1) is 11.3 Å². The van der Waals surface area contributed by atoms with Gasteiger partial charge in [0.15, 0.2) is 23.1 Å². The average molecular weight is 606 g/mol. The summed E-state index contributed by atoms with van der Waals surface area (Å²) in [6, 6.07) is -1.98. The van der Waals surface area contributed by atoms with Gasteiger partial charge in [-0.05, 0) is 41.2 Å². The number of allylic oxidation sites excluding steroid dienone is 5. The van der Waals surface area contributed by atoms with Crippen molar-refractivity contribution >= 4 is 29.1 Å². The van der Waals surface area contributed by atoms with E-state index in [1.165, 1.54) is 35.2 Å². The number of carbonyl (C=O) groups excluding carboxylic acids is 5. The highest BCUT2D eigenvalue weighted by Gasteiger charge is 2.62. The smallest absolute Gasteiger partial charge is 0.333 e. The van der Waals surface area contributed by atoms with E-state index in [0.717, 1.165) is 0 Å². The Labute approximate surface area is 255 Å². The van der Waals surface area contributed by atoms with Crippen LogP contribution in [0.25, 0.3) is 0 Å². The third-order valence-electron chi connectivity index (χ3n) is 9.62. The molecule has 5 rings (SSSR count). The van der Waals surface area contributed by atoms with E-state index < -0.39 is 65.4 Å². The fraction of sp³-hybridized carbons (Fsp3) is 0.500. The summed E-state index contributed by atoms with van der Waals surface area (Å²) in [4.78, 5) is 71.9. The predicted octanol–water partition coefficient (Wildman–Crippen LogP) is 1.28. The van der Waals surface area contributed by atoms with Gasteiger partial charge in [0.1, 0.15) is 18.8 Å². The van der Waals surface area contributed by atoms with Gasteiger partial charge in [0.2, 0.25) is 11.6 Å². The van der Waals surface area contributed by atoms with Crippen molar-refractivity contribution in [2.45, 2.75) is 70.4 Å². The highest BCUT2D eigenvalue weighted by atomic mass is 16.5. The number of rotatable bonds is 6. The molecule has 232 valence electrons. The molecule has 1 fully saturated rings.